The maximum Gasteiger partial charge on any atom is 0.251 e. The van der Waals surface area contributed by atoms with E-state index in [1.165, 1.54) is 6.92 Å². The first-order valence-electron chi connectivity index (χ1n) is 11.5. The van der Waals surface area contributed by atoms with Gasteiger partial charge < -0.3 is 38.0 Å². The van der Waals surface area contributed by atoms with Gasteiger partial charge in [-0.3, -0.25) is 19.2 Å². The third-order valence-corrected chi connectivity index (χ3v) is 5.38. The Morgan fingerprint density at radius 2 is 1.42 bits per heavy atom. The average Bonchev–Trinajstić information content (AvgIpc) is 2.72. The number of nitrogens with one attached hydrogen (secondary N) is 2. The molecule has 0 aliphatic heterocycles. The van der Waals surface area contributed by atoms with E-state index < -0.39 is 60.3 Å². The van der Waals surface area contributed by atoms with Crippen LogP contribution in [0.5, 0.6) is 0 Å². The van der Waals surface area contributed by atoms with Gasteiger partial charge in [0.05, 0.1) is 24.1 Å². The molecular weight excluding hydrogens is 430 g/mol. The maximum absolute atomic E-state index is 12.9. The molecule has 0 heterocycles. The number of rotatable bonds is 16. The van der Waals surface area contributed by atoms with E-state index in [1.807, 2.05) is 13.8 Å². The van der Waals surface area contributed by atoms with Gasteiger partial charge in [0.1, 0.15) is 6.10 Å². The van der Waals surface area contributed by atoms with Gasteiger partial charge in [-0.15, -0.1) is 0 Å². The van der Waals surface area contributed by atoms with E-state index in [1.54, 1.807) is 13.8 Å². The van der Waals surface area contributed by atoms with E-state index >= 15 is 0 Å². The van der Waals surface area contributed by atoms with E-state index in [0.717, 1.165) is 0 Å². The molecule has 2 amide bonds. The van der Waals surface area contributed by atoms with Gasteiger partial charge in [0.15, 0.2) is 11.6 Å². The summed E-state index contributed by atoms with van der Waals surface area (Å²) in [6.07, 6.45) is -2.64. The predicted octanol–water partition coefficient (Wildman–Crippen LogP) is -1.82. The van der Waals surface area contributed by atoms with Crippen LogP contribution >= 0.6 is 0 Å². The zero-order valence-corrected chi connectivity index (χ0v) is 20.4. The fourth-order valence-electron chi connectivity index (χ4n) is 3.37. The zero-order valence-electron chi connectivity index (χ0n) is 20.4. The highest BCUT2D eigenvalue weighted by Gasteiger charge is 2.34. The maximum atomic E-state index is 12.9. The summed E-state index contributed by atoms with van der Waals surface area (Å²) in [5.74, 6) is -3.67. The molecule has 192 valence electrons. The quantitative estimate of drug-likeness (QED) is 0.134. The molecule has 0 rings (SSSR count). The van der Waals surface area contributed by atoms with E-state index in [9.17, 15) is 29.4 Å². The van der Waals surface area contributed by atoms with Crippen molar-refractivity contribution in [2.24, 2.45) is 35.0 Å². The molecule has 10 N–H and O–H groups in total. The van der Waals surface area contributed by atoms with Gasteiger partial charge in [-0.25, -0.2) is 0 Å². The Kier molecular flexibility index (Phi) is 14.2. The number of ketones is 2. The van der Waals surface area contributed by atoms with Gasteiger partial charge in [-0.2, -0.15) is 0 Å². The Morgan fingerprint density at radius 1 is 0.879 bits per heavy atom. The molecule has 0 radical (unpaired) electrons. The molecule has 0 bridgehead atoms. The molecule has 11 nitrogen and oxygen atoms in total. The molecule has 0 aliphatic carbocycles. The standard InChI is InChI=1S/C22H43N5O6/c1-11(2)8-15(25)20(31)22(33)26-16(6-7-23)18(29)9-14(13(5)28)21(32)27-17(10-24)19(30)12(3)4/h11-17,20,28,31H,6-10,23-25H2,1-5H3,(H,26,33)(H,27,32)/t13?,14-,15-,16-,17-,20-/m0/s1. The lowest BCUT2D eigenvalue weighted by atomic mass is 9.91. The Hall–Kier alpha value is -1.92. The van der Waals surface area contributed by atoms with Gasteiger partial charge >= 0.3 is 0 Å². The normalized spacial score (nSPS) is 17.1. The zero-order chi connectivity index (χ0) is 25.9. The number of aliphatic hydroxyl groups excluding tert-OH is 2. The molecule has 0 saturated heterocycles. The summed E-state index contributed by atoms with van der Waals surface area (Å²) in [6, 6.07) is -2.81. The van der Waals surface area contributed by atoms with Crippen LogP contribution in [0, 0.1) is 17.8 Å². The minimum atomic E-state index is -1.51. The third-order valence-electron chi connectivity index (χ3n) is 5.38. The van der Waals surface area contributed by atoms with Crippen molar-refractivity contribution in [1.29, 1.82) is 0 Å². The van der Waals surface area contributed by atoms with Crippen LogP contribution in [0.25, 0.3) is 0 Å². The van der Waals surface area contributed by atoms with Crippen molar-refractivity contribution in [3.63, 3.8) is 0 Å². The highest BCUT2D eigenvalue weighted by atomic mass is 16.3. The molecule has 33 heavy (non-hydrogen) atoms. The monoisotopic (exact) mass is 473 g/mol. The van der Waals surface area contributed by atoms with Crippen LogP contribution in [0.15, 0.2) is 0 Å². The lowest BCUT2D eigenvalue weighted by Gasteiger charge is -2.26. The van der Waals surface area contributed by atoms with Crippen molar-refractivity contribution in [1.82, 2.24) is 10.6 Å². The Bertz CT molecular complexity index is 655. The van der Waals surface area contributed by atoms with Crippen LogP contribution in [0.1, 0.15) is 53.9 Å². The number of hydrogen-bond donors (Lipinski definition) is 7. The molecule has 0 spiro atoms. The first-order chi connectivity index (χ1) is 15.3. The third kappa shape index (κ3) is 10.7. The van der Waals surface area contributed by atoms with Gasteiger partial charge in [-0.1, -0.05) is 27.7 Å². The molecule has 11 heteroatoms. The molecule has 0 fully saturated rings. The van der Waals surface area contributed by atoms with Gasteiger partial charge in [-0.05, 0) is 32.2 Å². The molecule has 0 saturated carbocycles. The molecule has 6 atom stereocenters. The summed E-state index contributed by atoms with van der Waals surface area (Å²) in [7, 11) is 0. The number of nitrogens with two attached hydrogens (primary N) is 3. The van der Waals surface area contributed by atoms with Gasteiger partial charge in [0.2, 0.25) is 5.91 Å². The van der Waals surface area contributed by atoms with Gasteiger partial charge in [0.25, 0.3) is 5.91 Å². The first kappa shape index (κ1) is 31.1. The van der Waals surface area contributed by atoms with Crippen LogP contribution in [-0.2, 0) is 19.2 Å². The average molecular weight is 474 g/mol. The molecule has 0 aliphatic rings. The van der Waals surface area contributed by atoms with E-state index in [-0.39, 0.29) is 37.1 Å². The second kappa shape index (κ2) is 15.1. The Morgan fingerprint density at radius 3 is 1.85 bits per heavy atom. The smallest absolute Gasteiger partial charge is 0.251 e. The molecule has 0 aromatic carbocycles. The van der Waals surface area contributed by atoms with Crippen molar-refractivity contribution in [3.05, 3.63) is 0 Å². The minimum absolute atomic E-state index is 0.0640. The summed E-state index contributed by atoms with van der Waals surface area (Å²) in [5, 5.41) is 25.3. The van der Waals surface area contributed by atoms with Gasteiger partial charge in [0, 0.05) is 24.9 Å². The lowest BCUT2D eigenvalue weighted by Crippen LogP contribution is -2.53. The highest BCUT2D eigenvalue weighted by Crippen LogP contribution is 2.14. The van der Waals surface area contributed by atoms with Crippen LogP contribution in [0.4, 0.5) is 0 Å². The van der Waals surface area contributed by atoms with E-state index in [0.29, 0.717) is 6.42 Å². The van der Waals surface area contributed by atoms with Crippen molar-refractivity contribution in [3.8, 4) is 0 Å². The molecular formula is C22H43N5O6. The van der Waals surface area contributed by atoms with Crippen LogP contribution in [0.3, 0.4) is 0 Å². The summed E-state index contributed by atoms with van der Waals surface area (Å²) in [5.41, 5.74) is 17.0. The predicted molar refractivity (Wildman–Crippen MR) is 125 cm³/mol. The second-order valence-corrected chi connectivity index (χ2v) is 9.25. The van der Waals surface area contributed by atoms with Crippen LogP contribution in [0.2, 0.25) is 0 Å². The highest BCUT2D eigenvalue weighted by molar-refractivity contribution is 5.95. The summed E-state index contributed by atoms with van der Waals surface area (Å²) in [6.45, 7) is 8.44. The molecule has 0 aromatic rings. The molecule has 1 unspecified atom stereocenters. The number of aliphatic hydroxyl groups is 2. The van der Waals surface area contributed by atoms with E-state index in [2.05, 4.69) is 10.6 Å². The van der Waals surface area contributed by atoms with Crippen LogP contribution < -0.4 is 27.8 Å². The second-order valence-electron chi connectivity index (χ2n) is 9.25. The Labute approximate surface area is 196 Å². The van der Waals surface area contributed by atoms with Crippen molar-refractivity contribution in [2.75, 3.05) is 13.1 Å². The topological polar surface area (TPSA) is 211 Å². The summed E-state index contributed by atoms with van der Waals surface area (Å²) >= 11 is 0. The number of hydrogen-bond acceptors (Lipinski definition) is 9. The fraction of sp³-hybridized carbons (Fsp3) is 0.818. The fourth-order valence-corrected chi connectivity index (χ4v) is 3.37. The van der Waals surface area contributed by atoms with E-state index in [4.69, 9.17) is 17.2 Å². The first-order valence-corrected chi connectivity index (χ1v) is 11.5. The van der Waals surface area contributed by atoms with Crippen molar-refractivity contribution >= 4 is 23.4 Å². The Balaban J connectivity index is 5.35. The number of amides is 2. The number of Topliss-reactive ketones (excluding diaryl/α,β-unsaturated/α-hetero) is 2. The summed E-state index contributed by atoms with van der Waals surface area (Å²) < 4.78 is 0. The van der Waals surface area contributed by atoms with Crippen molar-refractivity contribution < 1.29 is 29.4 Å². The summed E-state index contributed by atoms with van der Waals surface area (Å²) in [4.78, 5) is 50.2. The number of carbonyl (C=O) groups excluding carboxylic acids is 4. The number of carbonyl (C=O) groups is 4. The SMILES string of the molecule is CC(C)C[C@H](N)[C@H](O)C(=O)N[C@@H](CCN)C(=O)C[C@H](C(=O)N[C@@H](CN)C(=O)C(C)C)C(C)O. The largest absolute Gasteiger partial charge is 0.393 e. The minimum Gasteiger partial charge on any atom is -0.393 e. The van der Waals surface area contributed by atoms with Crippen LogP contribution in [-0.4, -0.2) is 77.0 Å². The lowest BCUT2D eigenvalue weighted by molar-refractivity contribution is -0.138. The van der Waals surface area contributed by atoms with Crippen molar-refractivity contribution in [2.45, 2.75) is 84.2 Å². The molecule has 0 aromatic heterocycles.